The number of piperazine rings is 1. The molecule has 1 amide bonds. The third-order valence-corrected chi connectivity index (χ3v) is 4.02. The van der Waals surface area contributed by atoms with E-state index in [2.05, 4.69) is 18.7 Å². The molecular formula is C14H29N3O2. The van der Waals surface area contributed by atoms with Gasteiger partial charge < -0.3 is 15.4 Å². The summed E-state index contributed by atoms with van der Waals surface area (Å²) in [5.41, 5.74) is 5.95. The minimum absolute atomic E-state index is 0.0971. The summed E-state index contributed by atoms with van der Waals surface area (Å²) in [6.07, 6.45) is 2.71. The second-order valence-electron chi connectivity index (χ2n) is 5.36. The van der Waals surface area contributed by atoms with E-state index in [-0.39, 0.29) is 11.9 Å². The lowest BCUT2D eigenvalue weighted by molar-refractivity contribution is -0.134. The third-order valence-electron chi connectivity index (χ3n) is 4.02. The molecule has 2 N–H and O–H groups in total. The predicted molar refractivity (Wildman–Crippen MR) is 77.0 cm³/mol. The van der Waals surface area contributed by atoms with Gasteiger partial charge in [0.25, 0.3) is 0 Å². The van der Waals surface area contributed by atoms with Crippen molar-refractivity contribution < 1.29 is 9.53 Å². The van der Waals surface area contributed by atoms with E-state index < -0.39 is 0 Å². The van der Waals surface area contributed by atoms with E-state index in [4.69, 9.17) is 10.5 Å². The van der Waals surface area contributed by atoms with E-state index >= 15 is 0 Å². The summed E-state index contributed by atoms with van der Waals surface area (Å²) in [7, 11) is 1.67. The average molecular weight is 271 g/mol. The Kier molecular flexibility index (Phi) is 7.34. The Labute approximate surface area is 117 Å². The Hall–Kier alpha value is -0.650. The fourth-order valence-electron chi connectivity index (χ4n) is 2.45. The average Bonchev–Trinajstić information content (AvgIpc) is 2.46. The highest BCUT2D eigenvalue weighted by molar-refractivity contribution is 5.81. The van der Waals surface area contributed by atoms with E-state index in [0.29, 0.717) is 19.1 Å². The van der Waals surface area contributed by atoms with Crippen LogP contribution >= 0.6 is 0 Å². The van der Waals surface area contributed by atoms with Gasteiger partial charge in [0, 0.05) is 45.9 Å². The maximum atomic E-state index is 12.2. The van der Waals surface area contributed by atoms with E-state index in [0.717, 1.165) is 39.0 Å². The van der Waals surface area contributed by atoms with Gasteiger partial charge in [0.15, 0.2) is 0 Å². The van der Waals surface area contributed by atoms with Crippen LogP contribution in [0.25, 0.3) is 0 Å². The van der Waals surface area contributed by atoms with Gasteiger partial charge in [-0.15, -0.1) is 0 Å². The standard InChI is InChI=1S/C14H29N3O2/c1-4-12(2)16-7-9-17(10-8-16)14(18)13(15)6-5-11-19-3/h12-13H,4-11,15H2,1-3H3. The van der Waals surface area contributed by atoms with Gasteiger partial charge in [0.2, 0.25) is 5.91 Å². The number of methoxy groups -OCH3 is 1. The molecule has 1 saturated heterocycles. The van der Waals surface area contributed by atoms with E-state index in [1.807, 2.05) is 4.90 Å². The zero-order chi connectivity index (χ0) is 14.3. The molecule has 5 heteroatoms. The molecule has 0 spiro atoms. The zero-order valence-corrected chi connectivity index (χ0v) is 12.6. The van der Waals surface area contributed by atoms with Crippen molar-refractivity contribution in [2.45, 2.75) is 45.2 Å². The maximum absolute atomic E-state index is 12.2. The number of ether oxygens (including phenoxy) is 1. The van der Waals surface area contributed by atoms with Crippen LogP contribution in [0.5, 0.6) is 0 Å². The van der Waals surface area contributed by atoms with Gasteiger partial charge in [0.05, 0.1) is 6.04 Å². The molecule has 2 atom stereocenters. The van der Waals surface area contributed by atoms with Gasteiger partial charge >= 0.3 is 0 Å². The normalized spacial score (nSPS) is 20.3. The SMILES string of the molecule is CCC(C)N1CCN(C(=O)C(N)CCCOC)CC1. The molecule has 0 aromatic carbocycles. The fourth-order valence-corrected chi connectivity index (χ4v) is 2.45. The second kappa shape index (κ2) is 8.51. The van der Waals surface area contributed by atoms with Crippen molar-refractivity contribution in [2.75, 3.05) is 39.9 Å². The van der Waals surface area contributed by atoms with Crippen LogP contribution < -0.4 is 5.73 Å². The van der Waals surface area contributed by atoms with E-state index in [9.17, 15) is 4.79 Å². The van der Waals surface area contributed by atoms with Crippen LogP contribution in [0.3, 0.4) is 0 Å². The van der Waals surface area contributed by atoms with Crippen LogP contribution in [0.4, 0.5) is 0 Å². The number of rotatable bonds is 7. The molecule has 1 aliphatic rings. The van der Waals surface area contributed by atoms with Gasteiger partial charge in [-0.25, -0.2) is 0 Å². The molecule has 112 valence electrons. The second-order valence-corrected chi connectivity index (χ2v) is 5.36. The van der Waals surface area contributed by atoms with Gasteiger partial charge in [-0.2, -0.15) is 0 Å². The largest absolute Gasteiger partial charge is 0.385 e. The number of hydrogen-bond donors (Lipinski definition) is 1. The first-order valence-electron chi connectivity index (χ1n) is 7.37. The molecule has 1 aliphatic heterocycles. The van der Waals surface area contributed by atoms with Crippen LogP contribution in [0, 0.1) is 0 Å². The Morgan fingerprint density at radius 1 is 1.32 bits per heavy atom. The molecule has 0 saturated carbocycles. The van der Waals surface area contributed by atoms with Gasteiger partial charge in [-0.05, 0) is 26.2 Å². The first-order valence-corrected chi connectivity index (χ1v) is 7.37. The van der Waals surface area contributed by atoms with Crippen molar-refractivity contribution in [3.05, 3.63) is 0 Å². The molecule has 19 heavy (non-hydrogen) atoms. The van der Waals surface area contributed by atoms with Gasteiger partial charge in [-0.3, -0.25) is 9.69 Å². The van der Waals surface area contributed by atoms with Crippen molar-refractivity contribution in [2.24, 2.45) is 5.73 Å². The number of hydrogen-bond acceptors (Lipinski definition) is 4. The lowest BCUT2D eigenvalue weighted by Gasteiger charge is -2.38. The van der Waals surface area contributed by atoms with Crippen molar-refractivity contribution in [1.82, 2.24) is 9.80 Å². The lowest BCUT2D eigenvalue weighted by atomic mass is 10.1. The summed E-state index contributed by atoms with van der Waals surface area (Å²) in [5.74, 6) is 0.0971. The molecular weight excluding hydrogens is 242 g/mol. The number of carbonyl (C=O) groups is 1. The summed E-state index contributed by atoms with van der Waals surface area (Å²) in [6, 6.07) is 0.234. The van der Waals surface area contributed by atoms with Crippen LogP contribution in [0.2, 0.25) is 0 Å². The van der Waals surface area contributed by atoms with Crippen molar-refractivity contribution in [1.29, 1.82) is 0 Å². The quantitative estimate of drug-likeness (QED) is 0.692. The van der Waals surface area contributed by atoms with Crippen molar-refractivity contribution >= 4 is 5.91 Å². The summed E-state index contributed by atoms with van der Waals surface area (Å²) in [5, 5.41) is 0. The molecule has 5 nitrogen and oxygen atoms in total. The first kappa shape index (κ1) is 16.4. The molecule has 0 aliphatic carbocycles. The van der Waals surface area contributed by atoms with Crippen LogP contribution in [-0.2, 0) is 9.53 Å². The summed E-state index contributed by atoms with van der Waals surface area (Å²) in [4.78, 5) is 16.5. The number of nitrogens with two attached hydrogens (primary N) is 1. The number of carbonyl (C=O) groups excluding carboxylic acids is 1. The maximum Gasteiger partial charge on any atom is 0.239 e. The van der Waals surface area contributed by atoms with Crippen molar-refractivity contribution in [3.8, 4) is 0 Å². The van der Waals surface area contributed by atoms with Crippen molar-refractivity contribution in [3.63, 3.8) is 0 Å². The number of amides is 1. The first-order chi connectivity index (χ1) is 9.10. The Balaban J connectivity index is 2.31. The fraction of sp³-hybridized carbons (Fsp3) is 0.929. The monoisotopic (exact) mass is 271 g/mol. The van der Waals surface area contributed by atoms with E-state index in [1.165, 1.54) is 0 Å². The van der Waals surface area contributed by atoms with Crippen LogP contribution in [-0.4, -0.2) is 67.7 Å². The minimum atomic E-state index is -0.370. The predicted octanol–water partition coefficient (Wildman–Crippen LogP) is 0.683. The third kappa shape index (κ3) is 5.09. The zero-order valence-electron chi connectivity index (χ0n) is 12.6. The highest BCUT2D eigenvalue weighted by Gasteiger charge is 2.26. The summed E-state index contributed by atoms with van der Waals surface area (Å²) < 4.78 is 4.98. The molecule has 1 rings (SSSR count). The minimum Gasteiger partial charge on any atom is -0.385 e. The molecule has 0 bridgehead atoms. The van der Waals surface area contributed by atoms with Gasteiger partial charge in [-0.1, -0.05) is 6.92 Å². The van der Waals surface area contributed by atoms with Crippen LogP contribution in [0.15, 0.2) is 0 Å². The Bertz CT molecular complexity index is 265. The van der Waals surface area contributed by atoms with Crippen LogP contribution in [0.1, 0.15) is 33.1 Å². The van der Waals surface area contributed by atoms with Gasteiger partial charge in [0.1, 0.15) is 0 Å². The molecule has 1 fully saturated rings. The lowest BCUT2D eigenvalue weighted by Crippen LogP contribution is -2.54. The Morgan fingerprint density at radius 2 is 1.95 bits per heavy atom. The highest BCUT2D eigenvalue weighted by Crippen LogP contribution is 2.10. The summed E-state index contributed by atoms with van der Waals surface area (Å²) in [6.45, 7) is 8.66. The van der Waals surface area contributed by atoms with E-state index in [1.54, 1.807) is 7.11 Å². The molecule has 1 heterocycles. The molecule has 2 unspecified atom stereocenters. The molecule has 0 aromatic heterocycles. The summed E-state index contributed by atoms with van der Waals surface area (Å²) >= 11 is 0. The molecule has 0 radical (unpaired) electrons. The smallest absolute Gasteiger partial charge is 0.239 e. The topological polar surface area (TPSA) is 58.8 Å². The highest BCUT2D eigenvalue weighted by atomic mass is 16.5. The number of nitrogens with zero attached hydrogens (tertiary/aromatic N) is 2. The molecule has 0 aromatic rings. The Morgan fingerprint density at radius 3 is 2.47 bits per heavy atom.